The minimum Gasteiger partial charge on any atom is -0.789 e. The van der Waals surface area contributed by atoms with Crippen LogP contribution in [0, 0.1) is 0 Å². The molecule has 0 aromatic carbocycles. The van der Waals surface area contributed by atoms with Crippen molar-refractivity contribution in [3.8, 4) is 0 Å². The minimum atomic E-state index is -5.74. The molecule has 0 aromatic rings. The fraction of sp³-hybridized carbons (Fsp3) is 0.982. The fourth-order valence-corrected chi connectivity index (χ4v) is 10.6. The van der Waals surface area contributed by atoms with Crippen LogP contribution in [0.15, 0.2) is 0 Å². The molecule has 0 spiro atoms. The first kappa shape index (κ1) is 75.2. The highest BCUT2D eigenvalue weighted by atomic mass is 31.3. The van der Waals surface area contributed by atoms with Gasteiger partial charge in [0.15, 0.2) is 0 Å². The molecule has 0 heterocycles. The van der Waals surface area contributed by atoms with E-state index in [4.69, 9.17) is 0 Å². The molecule has 0 N–H and O–H groups in total. The standard InChI is InChI=1S/3C16H36N.C8H18O8P2/c3*1-5-9-13-17(14-10-6-2,15-11-7-3)16-12-8-4;1-2-3-4-5-6-7-8(9)15-18(13,14)16-17(10,11)12/h3*5-16H2,1-4H3;2-7H2,1H3,(H,13,14)(H2,10,11,12)/q3*+1;/p-3. The molecule has 69 heavy (non-hydrogen) atoms. The summed E-state index contributed by atoms with van der Waals surface area (Å²) < 4.78 is 32.0. The van der Waals surface area contributed by atoms with E-state index >= 15 is 0 Å². The Labute approximate surface area is 432 Å². The lowest BCUT2D eigenvalue weighted by atomic mass is 10.1. The molecule has 0 saturated carbocycles. The Balaban J connectivity index is -0.000000408. The predicted octanol–water partition coefficient (Wildman–Crippen LogP) is 15.2. The zero-order chi connectivity index (χ0) is 53.2. The number of hydrogen-bond acceptors (Lipinski definition) is 8. The molecule has 0 aliphatic carbocycles. The van der Waals surface area contributed by atoms with E-state index in [0.717, 1.165) is 25.7 Å². The van der Waals surface area contributed by atoms with Gasteiger partial charge in [-0.25, -0.2) is 0 Å². The van der Waals surface area contributed by atoms with Crippen LogP contribution in [0.4, 0.5) is 0 Å². The van der Waals surface area contributed by atoms with E-state index in [0.29, 0.717) is 6.42 Å². The van der Waals surface area contributed by atoms with Gasteiger partial charge in [0.25, 0.3) is 0 Å². The highest BCUT2D eigenvalue weighted by molar-refractivity contribution is 7.58. The van der Waals surface area contributed by atoms with Crippen molar-refractivity contribution in [2.75, 3.05) is 78.5 Å². The van der Waals surface area contributed by atoms with Crippen LogP contribution in [-0.4, -0.2) is 98.0 Å². The number of nitrogens with zero attached hydrogens (tertiary/aromatic N) is 3. The predicted molar refractivity (Wildman–Crippen MR) is 294 cm³/mol. The van der Waals surface area contributed by atoms with E-state index in [1.807, 2.05) is 6.92 Å². The summed E-state index contributed by atoms with van der Waals surface area (Å²) in [4.78, 5) is 41.9. The van der Waals surface area contributed by atoms with Crippen molar-refractivity contribution in [3.63, 3.8) is 0 Å². The molecule has 0 aliphatic rings. The number of unbranched alkanes of at least 4 members (excludes halogenated alkanes) is 16. The summed E-state index contributed by atoms with van der Waals surface area (Å²) in [6, 6.07) is 0. The molecule has 0 radical (unpaired) electrons. The van der Waals surface area contributed by atoms with Crippen LogP contribution < -0.4 is 14.7 Å². The molecule has 0 amide bonds. The maximum absolute atomic E-state index is 11.0. The number of quaternary nitrogens is 3. The van der Waals surface area contributed by atoms with Gasteiger partial charge in [0.2, 0.25) is 0 Å². The van der Waals surface area contributed by atoms with Crippen LogP contribution in [0.25, 0.3) is 0 Å². The summed E-state index contributed by atoms with van der Waals surface area (Å²) in [5, 5.41) is 0. The molecule has 0 saturated heterocycles. The maximum Gasteiger partial charge on any atom is 0.325 e. The average molecular weight is 1030 g/mol. The van der Waals surface area contributed by atoms with Crippen molar-refractivity contribution in [2.24, 2.45) is 0 Å². The van der Waals surface area contributed by atoms with Gasteiger partial charge in [-0.1, -0.05) is 193 Å². The SMILES string of the molecule is CCCCCCCC(=O)OP(=O)([O-])OP(=O)([O-])[O-].CCCC[N+](CCCC)(CCCC)CCCC.CCCC[N+](CCCC)(CCCC)CCCC.CCCC[N+](CCCC)(CCCC)CCCC. The van der Waals surface area contributed by atoms with E-state index in [1.54, 1.807) is 0 Å². The Morgan fingerprint density at radius 3 is 0.681 bits per heavy atom. The maximum atomic E-state index is 11.0. The lowest BCUT2D eigenvalue weighted by Gasteiger charge is -2.39. The smallest absolute Gasteiger partial charge is 0.325 e. The highest BCUT2D eigenvalue weighted by Gasteiger charge is 2.27. The fourth-order valence-electron chi connectivity index (χ4n) is 9.12. The monoisotopic (exact) mass is 1030 g/mol. The van der Waals surface area contributed by atoms with Crippen molar-refractivity contribution in [3.05, 3.63) is 0 Å². The Hall–Kier alpha value is -0.350. The van der Waals surface area contributed by atoms with Crippen molar-refractivity contribution in [2.45, 2.75) is 283 Å². The van der Waals surface area contributed by atoms with Crippen LogP contribution in [0.3, 0.4) is 0 Å². The van der Waals surface area contributed by atoms with Gasteiger partial charge in [0.05, 0.1) is 86.4 Å². The van der Waals surface area contributed by atoms with Crippen molar-refractivity contribution in [1.29, 1.82) is 0 Å². The molecular formula is C56H123N3O8P2. The van der Waals surface area contributed by atoms with Crippen molar-refractivity contribution >= 4 is 21.6 Å². The Morgan fingerprint density at radius 1 is 0.319 bits per heavy atom. The van der Waals surface area contributed by atoms with Gasteiger partial charge in [-0.15, -0.1) is 0 Å². The summed E-state index contributed by atoms with van der Waals surface area (Å²) in [6.07, 6.45) is 37.1. The average Bonchev–Trinajstić information content (AvgIpc) is 3.32. The number of carbonyl (C=O) groups is 1. The molecule has 0 rings (SSSR count). The largest absolute Gasteiger partial charge is 0.789 e. The normalized spacial score (nSPS) is 12.8. The van der Waals surface area contributed by atoms with Crippen LogP contribution in [-0.2, 0) is 22.8 Å². The number of phosphoric ester groups is 1. The van der Waals surface area contributed by atoms with Crippen LogP contribution in [0.5, 0.6) is 0 Å². The highest BCUT2D eigenvalue weighted by Crippen LogP contribution is 2.50. The lowest BCUT2D eigenvalue weighted by Crippen LogP contribution is -2.50. The third kappa shape index (κ3) is 48.4. The summed E-state index contributed by atoms with van der Waals surface area (Å²) in [6.45, 7) is 47.1. The summed E-state index contributed by atoms with van der Waals surface area (Å²) >= 11 is 0. The van der Waals surface area contributed by atoms with Crippen molar-refractivity contribution < 1.29 is 50.9 Å². The number of hydrogen-bond donors (Lipinski definition) is 0. The van der Waals surface area contributed by atoms with E-state index < -0.39 is 21.6 Å². The van der Waals surface area contributed by atoms with Crippen LogP contribution in [0.1, 0.15) is 283 Å². The molecule has 0 fully saturated rings. The third-order valence-corrected chi connectivity index (χ3v) is 15.8. The first-order valence-electron chi connectivity index (χ1n) is 29.7. The zero-order valence-electron chi connectivity index (χ0n) is 48.7. The molecule has 13 heteroatoms. The van der Waals surface area contributed by atoms with Gasteiger partial charge < -0.3 is 37.2 Å². The van der Waals surface area contributed by atoms with Gasteiger partial charge >= 0.3 is 13.8 Å². The Bertz CT molecular complexity index is 976. The van der Waals surface area contributed by atoms with Crippen molar-refractivity contribution in [1.82, 2.24) is 0 Å². The zero-order valence-corrected chi connectivity index (χ0v) is 50.5. The molecule has 0 aromatic heterocycles. The Morgan fingerprint density at radius 2 is 0.507 bits per heavy atom. The van der Waals surface area contributed by atoms with Crippen LogP contribution >= 0.6 is 15.6 Å². The van der Waals surface area contributed by atoms with Gasteiger partial charge in [-0.2, -0.15) is 0 Å². The molecular weight excluding hydrogens is 905 g/mol. The summed E-state index contributed by atoms with van der Waals surface area (Å²) in [5.41, 5.74) is 0. The second-order valence-corrected chi connectivity index (χ2v) is 23.2. The summed E-state index contributed by atoms with van der Waals surface area (Å²) in [5.74, 6) is -1.14. The topological polar surface area (TPSA) is 139 Å². The minimum absolute atomic E-state index is 0.179. The molecule has 1 unspecified atom stereocenters. The van der Waals surface area contributed by atoms with E-state index in [-0.39, 0.29) is 6.42 Å². The van der Waals surface area contributed by atoms with Gasteiger partial charge in [0, 0.05) is 6.42 Å². The molecule has 0 bridgehead atoms. The number of carbonyl (C=O) groups excluding carboxylic acids is 1. The number of phosphoric acid groups is 2. The molecule has 420 valence electrons. The summed E-state index contributed by atoms with van der Waals surface area (Å²) in [7, 11) is -11.2. The first-order chi connectivity index (χ1) is 32.9. The molecule has 0 aliphatic heterocycles. The number of rotatable bonds is 45. The van der Waals surface area contributed by atoms with Crippen LogP contribution in [0.2, 0.25) is 0 Å². The van der Waals surface area contributed by atoms with E-state index in [1.165, 1.54) is 246 Å². The van der Waals surface area contributed by atoms with E-state index in [2.05, 4.69) is 91.9 Å². The second kappa shape index (κ2) is 51.1. The Kier molecular flexibility index (Phi) is 55.7. The molecule has 11 nitrogen and oxygen atoms in total. The second-order valence-electron chi connectivity index (χ2n) is 20.6. The van der Waals surface area contributed by atoms with Gasteiger partial charge in [-0.05, 0) is 83.5 Å². The lowest BCUT2D eigenvalue weighted by molar-refractivity contribution is -0.929. The van der Waals surface area contributed by atoms with E-state index in [9.17, 15) is 28.6 Å². The third-order valence-electron chi connectivity index (χ3n) is 13.7. The first-order valence-corrected chi connectivity index (χ1v) is 32.6. The quantitative estimate of drug-likeness (QED) is 0.0334. The van der Waals surface area contributed by atoms with Gasteiger partial charge in [-0.3, -0.25) is 13.7 Å². The molecule has 1 atom stereocenters. The van der Waals surface area contributed by atoms with Gasteiger partial charge in [0.1, 0.15) is 0 Å².